The molecule has 0 unspecified atom stereocenters. The summed E-state index contributed by atoms with van der Waals surface area (Å²) in [7, 11) is 0. The highest BCUT2D eigenvalue weighted by molar-refractivity contribution is 7.99. The molecule has 0 aromatic rings. The monoisotopic (exact) mass is 198 g/mol. The van der Waals surface area contributed by atoms with E-state index in [1.807, 2.05) is 11.8 Å². The summed E-state index contributed by atoms with van der Waals surface area (Å²) in [6.45, 7) is 5.31. The maximum atomic E-state index is 9.13. The molecule has 2 nitrogen and oxygen atoms in total. The SMILES string of the molecule is CC(C)CNC1(C#N)CCSCC1. The first-order valence-electron chi connectivity index (χ1n) is 4.92. The number of nitriles is 1. The predicted octanol–water partition coefficient (Wildman–Crippen LogP) is 2.02. The van der Waals surface area contributed by atoms with Gasteiger partial charge in [-0.15, -0.1) is 0 Å². The highest BCUT2D eigenvalue weighted by atomic mass is 32.2. The van der Waals surface area contributed by atoms with Crippen molar-refractivity contribution in [3.05, 3.63) is 0 Å². The molecular weight excluding hydrogens is 180 g/mol. The summed E-state index contributed by atoms with van der Waals surface area (Å²) in [5, 5.41) is 12.5. The Morgan fingerprint density at radius 1 is 1.46 bits per heavy atom. The quantitative estimate of drug-likeness (QED) is 0.753. The van der Waals surface area contributed by atoms with Crippen LogP contribution in [0.25, 0.3) is 0 Å². The Morgan fingerprint density at radius 3 is 2.54 bits per heavy atom. The molecule has 0 amide bonds. The van der Waals surface area contributed by atoms with Gasteiger partial charge in [0.1, 0.15) is 5.54 Å². The zero-order valence-corrected chi connectivity index (χ0v) is 9.28. The standard InChI is InChI=1S/C10H18N2S/c1-9(2)7-12-10(8-11)3-5-13-6-4-10/h9,12H,3-7H2,1-2H3. The average molecular weight is 198 g/mol. The van der Waals surface area contributed by atoms with Crippen molar-refractivity contribution in [3.8, 4) is 6.07 Å². The van der Waals surface area contributed by atoms with Crippen molar-refractivity contribution in [2.24, 2.45) is 5.92 Å². The van der Waals surface area contributed by atoms with Gasteiger partial charge in [0.05, 0.1) is 6.07 Å². The first-order valence-corrected chi connectivity index (χ1v) is 6.08. The summed E-state index contributed by atoms with van der Waals surface area (Å²) >= 11 is 1.96. The second-order valence-corrected chi connectivity index (χ2v) is 5.31. The minimum atomic E-state index is -0.213. The lowest BCUT2D eigenvalue weighted by atomic mass is 9.93. The Hall–Kier alpha value is -0.200. The molecule has 1 fully saturated rings. The normalized spacial score (nSPS) is 21.4. The van der Waals surface area contributed by atoms with Gasteiger partial charge >= 0.3 is 0 Å². The number of rotatable bonds is 3. The van der Waals surface area contributed by atoms with Gasteiger partial charge in [0.25, 0.3) is 0 Å². The van der Waals surface area contributed by atoms with Crippen LogP contribution in [-0.4, -0.2) is 23.6 Å². The second-order valence-electron chi connectivity index (χ2n) is 4.08. The van der Waals surface area contributed by atoms with E-state index in [9.17, 15) is 0 Å². The van der Waals surface area contributed by atoms with Gasteiger partial charge in [0, 0.05) is 0 Å². The van der Waals surface area contributed by atoms with E-state index in [1.165, 1.54) is 0 Å². The van der Waals surface area contributed by atoms with Gasteiger partial charge in [-0.3, -0.25) is 5.32 Å². The summed E-state index contributed by atoms with van der Waals surface area (Å²) in [6, 6.07) is 2.45. The van der Waals surface area contributed by atoms with Crippen LogP contribution in [0.4, 0.5) is 0 Å². The predicted molar refractivity (Wildman–Crippen MR) is 57.7 cm³/mol. The fourth-order valence-corrected chi connectivity index (χ4v) is 2.64. The third-order valence-electron chi connectivity index (χ3n) is 2.41. The lowest BCUT2D eigenvalue weighted by Crippen LogP contribution is -2.48. The van der Waals surface area contributed by atoms with E-state index in [-0.39, 0.29) is 5.54 Å². The van der Waals surface area contributed by atoms with Crippen LogP contribution in [0.15, 0.2) is 0 Å². The Morgan fingerprint density at radius 2 is 2.08 bits per heavy atom. The molecule has 0 bridgehead atoms. The van der Waals surface area contributed by atoms with Gasteiger partial charge in [-0.25, -0.2) is 0 Å². The Labute approximate surface area is 85.1 Å². The molecule has 0 aromatic carbocycles. The molecule has 0 radical (unpaired) electrons. The fourth-order valence-electron chi connectivity index (χ4n) is 1.45. The molecule has 0 aliphatic carbocycles. The smallest absolute Gasteiger partial charge is 0.108 e. The minimum Gasteiger partial charge on any atom is -0.299 e. The second kappa shape index (κ2) is 4.88. The van der Waals surface area contributed by atoms with E-state index in [4.69, 9.17) is 5.26 Å². The zero-order valence-electron chi connectivity index (χ0n) is 8.47. The largest absolute Gasteiger partial charge is 0.299 e. The van der Waals surface area contributed by atoms with Gasteiger partial charge in [-0.05, 0) is 36.8 Å². The molecule has 1 N–H and O–H groups in total. The van der Waals surface area contributed by atoms with Crippen molar-refractivity contribution in [2.45, 2.75) is 32.2 Å². The third-order valence-corrected chi connectivity index (χ3v) is 3.39. The Kier molecular flexibility index (Phi) is 4.08. The van der Waals surface area contributed by atoms with Crippen molar-refractivity contribution in [2.75, 3.05) is 18.1 Å². The molecule has 1 aliphatic rings. The summed E-state index contributed by atoms with van der Waals surface area (Å²) in [4.78, 5) is 0. The van der Waals surface area contributed by atoms with E-state index in [2.05, 4.69) is 25.2 Å². The van der Waals surface area contributed by atoms with Crippen molar-refractivity contribution in [1.29, 1.82) is 5.26 Å². The Bertz CT molecular complexity index is 190. The zero-order chi connectivity index (χ0) is 9.73. The molecular formula is C10H18N2S. The molecule has 1 aliphatic heterocycles. The molecule has 0 atom stereocenters. The number of hydrogen-bond acceptors (Lipinski definition) is 3. The first-order chi connectivity index (χ1) is 6.18. The lowest BCUT2D eigenvalue weighted by molar-refractivity contribution is 0.362. The van der Waals surface area contributed by atoms with Crippen LogP contribution in [0.3, 0.4) is 0 Å². The van der Waals surface area contributed by atoms with Crippen LogP contribution in [0.5, 0.6) is 0 Å². The van der Waals surface area contributed by atoms with Crippen LogP contribution in [-0.2, 0) is 0 Å². The van der Waals surface area contributed by atoms with E-state index in [1.54, 1.807) is 0 Å². The fraction of sp³-hybridized carbons (Fsp3) is 0.900. The number of nitrogens with one attached hydrogen (secondary N) is 1. The van der Waals surface area contributed by atoms with Crippen LogP contribution in [0.1, 0.15) is 26.7 Å². The summed E-state index contributed by atoms with van der Waals surface area (Å²) in [5.41, 5.74) is -0.213. The molecule has 1 heterocycles. The maximum absolute atomic E-state index is 9.13. The van der Waals surface area contributed by atoms with Gasteiger partial charge in [0.15, 0.2) is 0 Å². The molecule has 0 saturated carbocycles. The summed E-state index contributed by atoms with van der Waals surface area (Å²) in [5.74, 6) is 2.87. The Balaban J connectivity index is 2.44. The van der Waals surface area contributed by atoms with E-state index >= 15 is 0 Å². The summed E-state index contributed by atoms with van der Waals surface area (Å²) < 4.78 is 0. The number of nitrogens with zero attached hydrogens (tertiary/aromatic N) is 1. The van der Waals surface area contributed by atoms with Crippen molar-refractivity contribution < 1.29 is 0 Å². The maximum Gasteiger partial charge on any atom is 0.108 e. The van der Waals surface area contributed by atoms with Gasteiger partial charge in [-0.2, -0.15) is 17.0 Å². The van der Waals surface area contributed by atoms with E-state index in [0.29, 0.717) is 5.92 Å². The van der Waals surface area contributed by atoms with Crippen LogP contribution >= 0.6 is 11.8 Å². The molecule has 74 valence electrons. The summed E-state index contributed by atoms with van der Waals surface area (Å²) in [6.07, 6.45) is 2.00. The molecule has 1 saturated heterocycles. The molecule has 1 rings (SSSR count). The highest BCUT2D eigenvalue weighted by Crippen LogP contribution is 2.26. The van der Waals surface area contributed by atoms with Crippen LogP contribution in [0, 0.1) is 17.2 Å². The van der Waals surface area contributed by atoms with Crippen molar-refractivity contribution in [1.82, 2.24) is 5.32 Å². The van der Waals surface area contributed by atoms with E-state index in [0.717, 1.165) is 30.9 Å². The van der Waals surface area contributed by atoms with Crippen LogP contribution in [0.2, 0.25) is 0 Å². The first kappa shape index (κ1) is 10.9. The molecule has 3 heteroatoms. The topological polar surface area (TPSA) is 35.8 Å². The average Bonchev–Trinajstić information content (AvgIpc) is 2.16. The van der Waals surface area contributed by atoms with Gasteiger partial charge < -0.3 is 0 Å². The molecule has 13 heavy (non-hydrogen) atoms. The van der Waals surface area contributed by atoms with E-state index < -0.39 is 0 Å². The van der Waals surface area contributed by atoms with Gasteiger partial charge in [-0.1, -0.05) is 13.8 Å². The third kappa shape index (κ3) is 3.21. The number of hydrogen-bond donors (Lipinski definition) is 1. The highest BCUT2D eigenvalue weighted by Gasteiger charge is 2.31. The van der Waals surface area contributed by atoms with Crippen molar-refractivity contribution in [3.63, 3.8) is 0 Å². The van der Waals surface area contributed by atoms with Crippen LogP contribution < -0.4 is 5.32 Å². The van der Waals surface area contributed by atoms with Crippen molar-refractivity contribution >= 4 is 11.8 Å². The minimum absolute atomic E-state index is 0.213. The lowest BCUT2D eigenvalue weighted by Gasteiger charge is -2.32. The molecule has 0 aromatic heterocycles. The van der Waals surface area contributed by atoms with Gasteiger partial charge in [0.2, 0.25) is 0 Å². The number of thioether (sulfide) groups is 1. The molecule has 0 spiro atoms.